The number of hydrogen-bond acceptors (Lipinski definition) is 5. The zero-order chi connectivity index (χ0) is 14.4. The van der Waals surface area contributed by atoms with E-state index in [0.717, 1.165) is 5.69 Å². The third-order valence-corrected chi connectivity index (χ3v) is 2.81. The van der Waals surface area contributed by atoms with E-state index in [4.69, 9.17) is 10.8 Å². The molecule has 0 fully saturated rings. The van der Waals surface area contributed by atoms with Crippen LogP contribution in [0.15, 0.2) is 18.2 Å². The molecule has 0 aliphatic rings. The van der Waals surface area contributed by atoms with Crippen LogP contribution in [0.4, 0.5) is 11.4 Å². The van der Waals surface area contributed by atoms with Gasteiger partial charge in [0, 0.05) is 13.1 Å². The lowest BCUT2D eigenvalue weighted by Crippen LogP contribution is -2.27. The second-order valence-electron chi connectivity index (χ2n) is 3.98. The van der Waals surface area contributed by atoms with E-state index in [9.17, 15) is 9.59 Å². The standard InChI is InChI=1S/C13H18N2O4/c1-3-15(7-6-12(16)19-2)11-5-4-9(13(17)18)8-10(11)14/h4-5,8H,3,6-7,14H2,1-2H3,(H,17,18). The SMILES string of the molecule is CCN(CCC(=O)OC)c1ccc(C(=O)O)cc1N. The fourth-order valence-corrected chi connectivity index (χ4v) is 1.75. The van der Waals surface area contributed by atoms with Crippen LogP contribution in [0.2, 0.25) is 0 Å². The van der Waals surface area contributed by atoms with Crippen molar-refractivity contribution in [2.75, 3.05) is 30.8 Å². The average molecular weight is 266 g/mol. The summed E-state index contributed by atoms with van der Waals surface area (Å²) >= 11 is 0. The van der Waals surface area contributed by atoms with Crippen LogP contribution in [-0.2, 0) is 9.53 Å². The number of rotatable bonds is 6. The maximum Gasteiger partial charge on any atom is 0.335 e. The van der Waals surface area contributed by atoms with E-state index >= 15 is 0 Å². The van der Waals surface area contributed by atoms with E-state index in [0.29, 0.717) is 18.8 Å². The molecular weight excluding hydrogens is 248 g/mol. The number of aromatic carboxylic acids is 1. The second-order valence-corrected chi connectivity index (χ2v) is 3.98. The number of benzene rings is 1. The van der Waals surface area contributed by atoms with Crippen LogP contribution in [0.25, 0.3) is 0 Å². The summed E-state index contributed by atoms with van der Waals surface area (Å²) in [6.07, 6.45) is 0.254. The Labute approximate surface area is 111 Å². The summed E-state index contributed by atoms with van der Waals surface area (Å²) in [6, 6.07) is 4.56. The number of carbonyl (C=O) groups excluding carboxylic acids is 1. The Morgan fingerprint density at radius 2 is 2.11 bits per heavy atom. The van der Waals surface area contributed by atoms with Crippen LogP contribution >= 0.6 is 0 Å². The van der Waals surface area contributed by atoms with Gasteiger partial charge in [0.15, 0.2) is 0 Å². The number of methoxy groups -OCH3 is 1. The molecule has 1 aromatic carbocycles. The molecule has 6 nitrogen and oxygen atoms in total. The molecule has 0 atom stereocenters. The number of ether oxygens (including phenoxy) is 1. The highest BCUT2D eigenvalue weighted by molar-refractivity contribution is 5.90. The number of carboxylic acid groups (broad SMARTS) is 1. The van der Waals surface area contributed by atoms with E-state index in [1.54, 1.807) is 6.07 Å². The largest absolute Gasteiger partial charge is 0.478 e. The third kappa shape index (κ3) is 3.87. The molecule has 0 unspecified atom stereocenters. The van der Waals surface area contributed by atoms with Gasteiger partial charge in [-0.1, -0.05) is 0 Å². The summed E-state index contributed by atoms with van der Waals surface area (Å²) in [4.78, 5) is 23.9. The van der Waals surface area contributed by atoms with E-state index in [1.165, 1.54) is 19.2 Å². The van der Waals surface area contributed by atoms with Crippen LogP contribution in [0, 0.1) is 0 Å². The molecule has 0 aliphatic carbocycles. The van der Waals surface area contributed by atoms with Crippen LogP contribution < -0.4 is 10.6 Å². The Hall–Kier alpha value is -2.24. The fraction of sp³-hybridized carbons (Fsp3) is 0.385. The van der Waals surface area contributed by atoms with Crippen LogP contribution in [0.3, 0.4) is 0 Å². The molecule has 0 spiro atoms. The molecule has 0 saturated carbocycles. The smallest absolute Gasteiger partial charge is 0.335 e. The first-order chi connectivity index (χ1) is 8.99. The lowest BCUT2D eigenvalue weighted by atomic mass is 10.1. The van der Waals surface area contributed by atoms with Gasteiger partial charge in [0.25, 0.3) is 0 Å². The summed E-state index contributed by atoms with van der Waals surface area (Å²) in [5, 5.41) is 8.87. The third-order valence-electron chi connectivity index (χ3n) is 2.81. The predicted molar refractivity (Wildman–Crippen MR) is 72.3 cm³/mol. The van der Waals surface area contributed by atoms with Gasteiger partial charge < -0.3 is 20.5 Å². The topological polar surface area (TPSA) is 92.9 Å². The molecule has 0 aromatic heterocycles. The molecule has 3 N–H and O–H groups in total. The Morgan fingerprint density at radius 3 is 2.58 bits per heavy atom. The summed E-state index contributed by atoms with van der Waals surface area (Å²) in [5.41, 5.74) is 7.10. The van der Waals surface area contributed by atoms with Crippen molar-refractivity contribution < 1.29 is 19.4 Å². The van der Waals surface area contributed by atoms with Crippen molar-refractivity contribution in [3.8, 4) is 0 Å². The molecule has 1 rings (SSSR count). The Bertz CT molecular complexity index is 474. The number of nitrogens with two attached hydrogens (primary N) is 1. The zero-order valence-corrected chi connectivity index (χ0v) is 11.0. The van der Waals surface area contributed by atoms with Crippen molar-refractivity contribution >= 4 is 23.3 Å². The van der Waals surface area contributed by atoms with Crippen LogP contribution in [-0.4, -0.2) is 37.2 Å². The molecule has 0 bridgehead atoms. The fourth-order valence-electron chi connectivity index (χ4n) is 1.75. The van der Waals surface area contributed by atoms with Crippen LogP contribution in [0.5, 0.6) is 0 Å². The molecule has 0 amide bonds. The highest BCUT2D eigenvalue weighted by Crippen LogP contribution is 2.24. The molecule has 0 heterocycles. The summed E-state index contributed by atoms with van der Waals surface area (Å²) in [5.74, 6) is -1.31. The van der Waals surface area contributed by atoms with Crippen molar-refractivity contribution in [1.82, 2.24) is 0 Å². The first-order valence-electron chi connectivity index (χ1n) is 5.94. The van der Waals surface area contributed by atoms with Gasteiger partial charge in [0.1, 0.15) is 0 Å². The average Bonchev–Trinajstić information content (AvgIpc) is 2.40. The van der Waals surface area contributed by atoms with Crippen molar-refractivity contribution in [1.29, 1.82) is 0 Å². The minimum atomic E-state index is -1.02. The van der Waals surface area contributed by atoms with E-state index in [2.05, 4.69) is 4.74 Å². The highest BCUT2D eigenvalue weighted by Gasteiger charge is 2.12. The van der Waals surface area contributed by atoms with Gasteiger partial charge in [0.2, 0.25) is 0 Å². The van der Waals surface area contributed by atoms with Crippen molar-refractivity contribution in [2.45, 2.75) is 13.3 Å². The first-order valence-corrected chi connectivity index (χ1v) is 5.94. The van der Waals surface area contributed by atoms with Crippen LogP contribution in [0.1, 0.15) is 23.7 Å². The maximum absolute atomic E-state index is 11.1. The first kappa shape index (κ1) is 14.8. The van der Waals surface area contributed by atoms with Gasteiger partial charge in [-0.15, -0.1) is 0 Å². The zero-order valence-electron chi connectivity index (χ0n) is 11.0. The molecule has 0 radical (unpaired) electrons. The monoisotopic (exact) mass is 266 g/mol. The number of esters is 1. The summed E-state index contributed by atoms with van der Waals surface area (Å²) in [7, 11) is 1.34. The molecule has 0 aliphatic heterocycles. The number of carboxylic acids is 1. The van der Waals surface area contributed by atoms with E-state index < -0.39 is 5.97 Å². The van der Waals surface area contributed by atoms with E-state index in [1.807, 2.05) is 11.8 Å². The van der Waals surface area contributed by atoms with Crippen molar-refractivity contribution in [3.63, 3.8) is 0 Å². The number of nitrogens with zero attached hydrogens (tertiary/aromatic N) is 1. The maximum atomic E-state index is 11.1. The second kappa shape index (κ2) is 6.63. The minimum absolute atomic E-state index is 0.144. The lowest BCUT2D eigenvalue weighted by Gasteiger charge is -2.24. The molecule has 19 heavy (non-hydrogen) atoms. The Balaban J connectivity index is 2.86. The van der Waals surface area contributed by atoms with Gasteiger partial charge in [-0.3, -0.25) is 4.79 Å². The molecule has 104 valence electrons. The summed E-state index contributed by atoms with van der Waals surface area (Å²) < 4.78 is 4.59. The molecule has 1 aromatic rings. The molecule has 0 saturated heterocycles. The van der Waals surface area contributed by atoms with Gasteiger partial charge >= 0.3 is 11.9 Å². The number of carbonyl (C=O) groups is 2. The van der Waals surface area contributed by atoms with Gasteiger partial charge in [-0.05, 0) is 25.1 Å². The molecule has 6 heteroatoms. The predicted octanol–water partition coefficient (Wildman–Crippen LogP) is 1.36. The quantitative estimate of drug-likeness (QED) is 0.596. The number of hydrogen-bond donors (Lipinski definition) is 2. The normalized spacial score (nSPS) is 10.0. The summed E-state index contributed by atoms with van der Waals surface area (Å²) in [6.45, 7) is 3.06. The van der Waals surface area contributed by atoms with Gasteiger partial charge in [0.05, 0.1) is 30.5 Å². The Morgan fingerprint density at radius 1 is 1.42 bits per heavy atom. The molecular formula is C13H18N2O4. The Kier molecular flexibility index (Phi) is 5.17. The van der Waals surface area contributed by atoms with E-state index in [-0.39, 0.29) is 18.0 Å². The lowest BCUT2D eigenvalue weighted by molar-refractivity contribution is -0.140. The number of anilines is 2. The minimum Gasteiger partial charge on any atom is -0.478 e. The van der Waals surface area contributed by atoms with Gasteiger partial charge in [-0.25, -0.2) is 4.79 Å². The van der Waals surface area contributed by atoms with Crippen molar-refractivity contribution in [3.05, 3.63) is 23.8 Å². The van der Waals surface area contributed by atoms with Gasteiger partial charge in [-0.2, -0.15) is 0 Å². The van der Waals surface area contributed by atoms with Crippen molar-refractivity contribution in [2.24, 2.45) is 0 Å². The number of nitrogen functional groups attached to an aromatic ring is 1. The highest BCUT2D eigenvalue weighted by atomic mass is 16.5.